The molecule has 1 amide bonds. The summed E-state index contributed by atoms with van der Waals surface area (Å²) in [5.41, 5.74) is 0.376. The first-order valence-corrected chi connectivity index (χ1v) is 10.6. The fourth-order valence-corrected chi connectivity index (χ4v) is 6.88. The van der Waals surface area contributed by atoms with Crippen LogP contribution in [0.2, 0.25) is 0 Å². The van der Waals surface area contributed by atoms with Gasteiger partial charge in [-0.25, -0.2) is 0 Å². The van der Waals surface area contributed by atoms with Gasteiger partial charge in [-0.05, 0) is 87.0 Å². The molecule has 0 spiro atoms. The molecule has 5 aliphatic rings. The Morgan fingerprint density at radius 2 is 1.84 bits per heavy atom. The highest BCUT2D eigenvalue weighted by Gasteiger charge is 2.51. The number of carbonyl (C=O) groups excluding carboxylic acids is 1. The van der Waals surface area contributed by atoms with E-state index in [9.17, 15) is 4.79 Å². The SMILES string of the molecule is COCCCN1CC[C@@H](CNC(=O)CC23CC4CC(CC(C4)C2)C3)C1. The molecule has 1 aliphatic heterocycles. The number of nitrogens with one attached hydrogen (secondary N) is 1. The van der Waals surface area contributed by atoms with Gasteiger partial charge in [-0.2, -0.15) is 0 Å². The molecule has 1 atom stereocenters. The van der Waals surface area contributed by atoms with E-state index in [0.717, 1.165) is 56.8 Å². The van der Waals surface area contributed by atoms with E-state index >= 15 is 0 Å². The second-order valence-corrected chi connectivity index (χ2v) is 9.70. The monoisotopic (exact) mass is 348 g/mol. The highest BCUT2D eigenvalue weighted by atomic mass is 16.5. The summed E-state index contributed by atoms with van der Waals surface area (Å²) in [6, 6.07) is 0. The van der Waals surface area contributed by atoms with E-state index in [1.54, 1.807) is 7.11 Å². The highest BCUT2D eigenvalue weighted by molar-refractivity contribution is 5.76. The standard InChI is InChI=1S/C21H36N2O2/c1-25-6-2-4-23-5-3-16(15-23)14-22-20(24)13-21-10-17-7-18(11-21)9-19(8-17)12-21/h16-19H,2-15H2,1H3,(H,22,24)/t16-,17?,18?,19?,21?/m0/s1. The molecule has 0 aromatic carbocycles. The number of likely N-dealkylation sites (tertiary alicyclic amines) is 1. The van der Waals surface area contributed by atoms with Crippen molar-refractivity contribution in [2.45, 2.75) is 57.8 Å². The molecule has 0 aromatic rings. The van der Waals surface area contributed by atoms with E-state index in [4.69, 9.17) is 4.74 Å². The number of nitrogens with zero attached hydrogens (tertiary/aromatic N) is 1. The lowest BCUT2D eigenvalue weighted by atomic mass is 9.49. The van der Waals surface area contributed by atoms with Crippen molar-refractivity contribution in [3.63, 3.8) is 0 Å². The number of ether oxygens (including phenoxy) is 1. The minimum atomic E-state index is 0.333. The van der Waals surface area contributed by atoms with Crippen molar-refractivity contribution in [3.8, 4) is 0 Å². The summed E-state index contributed by atoms with van der Waals surface area (Å²) in [6.07, 6.45) is 11.5. The number of methoxy groups -OCH3 is 1. The van der Waals surface area contributed by atoms with Crippen molar-refractivity contribution in [1.29, 1.82) is 0 Å². The Labute approximate surface area is 153 Å². The van der Waals surface area contributed by atoms with E-state index in [0.29, 0.717) is 17.2 Å². The molecule has 4 aliphatic carbocycles. The van der Waals surface area contributed by atoms with Crippen LogP contribution in [0.5, 0.6) is 0 Å². The van der Waals surface area contributed by atoms with Crippen LogP contribution in [-0.4, -0.2) is 50.7 Å². The molecule has 4 heteroatoms. The van der Waals surface area contributed by atoms with Gasteiger partial charge in [0, 0.05) is 39.8 Å². The van der Waals surface area contributed by atoms with Gasteiger partial charge in [-0.15, -0.1) is 0 Å². The Hall–Kier alpha value is -0.610. The van der Waals surface area contributed by atoms with E-state index in [-0.39, 0.29) is 0 Å². The van der Waals surface area contributed by atoms with Crippen LogP contribution in [0, 0.1) is 29.1 Å². The quantitative estimate of drug-likeness (QED) is 0.686. The number of hydrogen-bond donors (Lipinski definition) is 1. The Balaban J connectivity index is 1.19. The first-order chi connectivity index (χ1) is 12.1. The summed E-state index contributed by atoms with van der Waals surface area (Å²) in [5.74, 6) is 3.79. The summed E-state index contributed by atoms with van der Waals surface area (Å²) >= 11 is 0. The third kappa shape index (κ3) is 4.21. The minimum Gasteiger partial charge on any atom is -0.385 e. The number of amides is 1. The van der Waals surface area contributed by atoms with Gasteiger partial charge in [-0.3, -0.25) is 4.79 Å². The van der Waals surface area contributed by atoms with Gasteiger partial charge in [0.2, 0.25) is 5.91 Å². The molecule has 142 valence electrons. The molecule has 1 saturated heterocycles. The Morgan fingerprint density at radius 3 is 2.48 bits per heavy atom. The zero-order chi connectivity index (χ0) is 17.3. The van der Waals surface area contributed by atoms with E-state index in [2.05, 4.69) is 10.2 Å². The molecule has 0 radical (unpaired) electrons. The largest absolute Gasteiger partial charge is 0.385 e. The third-order valence-electron chi connectivity index (χ3n) is 7.48. The summed E-state index contributed by atoms with van der Waals surface area (Å²) in [7, 11) is 1.77. The molecule has 5 rings (SSSR count). The lowest BCUT2D eigenvalue weighted by molar-refractivity contribution is -0.129. The Bertz CT molecular complexity index is 443. The van der Waals surface area contributed by atoms with Crippen LogP contribution in [0.25, 0.3) is 0 Å². The van der Waals surface area contributed by atoms with Crippen LogP contribution in [0.15, 0.2) is 0 Å². The van der Waals surface area contributed by atoms with Gasteiger partial charge < -0.3 is 15.0 Å². The van der Waals surface area contributed by atoms with Gasteiger partial charge in [0.05, 0.1) is 0 Å². The van der Waals surface area contributed by atoms with Crippen molar-refractivity contribution in [2.75, 3.05) is 39.9 Å². The van der Waals surface area contributed by atoms with Crippen LogP contribution < -0.4 is 5.32 Å². The third-order valence-corrected chi connectivity index (χ3v) is 7.48. The number of hydrogen-bond acceptors (Lipinski definition) is 3. The highest BCUT2D eigenvalue weighted by Crippen LogP contribution is 2.61. The van der Waals surface area contributed by atoms with E-state index < -0.39 is 0 Å². The molecule has 1 N–H and O–H groups in total. The van der Waals surface area contributed by atoms with Crippen molar-refractivity contribution in [3.05, 3.63) is 0 Å². The van der Waals surface area contributed by atoms with Gasteiger partial charge in [-0.1, -0.05) is 0 Å². The Morgan fingerprint density at radius 1 is 1.16 bits per heavy atom. The van der Waals surface area contributed by atoms with Gasteiger partial charge >= 0.3 is 0 Å². The van der Waals surface area contributed by atoms with Crippen LogP contribution in [-0.2, 0) is 9.53 Å². The zero-order valence-electron chi connectivity index (χ0n) is 16.0. The number of rotatable bonds is 8. The topological polar surface area (TPSA) is 41.6 Å². The number of carbonyl (C=O) groups is 1. The summed E-state index contributed by atoms with van der Waals surface area (Å²) < 4.78 is 5.14. The second-order valence-electron chi connectivity index (χ2n) is 9.70. The maximum Gasteiger partial charge on any atom is 0.220 e. The Kier molecular flexibility index (Phi) is 5.38. The first kappa shape index (κ1) is 17.8. The van der Waals surface area contributed by atoms with E-state index in [1.807, 2.05) is 0 Å². The van der Waals surface area contributed by atoms with Crippen molar-refractivity contribution >= 4 is 5.91 Å². The zero-order valence-corrected chi connectivity index (χ0v) is 16.0. The molecule has 1 heterocycles. The fraction of sp³-hybridized carbons (Fsp3) is 0.952. The van der Waals surface area contributed by atoms with Crippen LogP contribution in [0.4, 0.5) is 0 Å². The first-order valence-electron chi connectivity index (χ1n) is 10.6. The average molecular weight is 349 g/mol. The van der Waals surface area contributed by atoms with Crippen LogP contribution in [0.1, 0.15) is 57.8 Å². The minimum absolute atomic E-state index is 0.333. The molecule has 4 saturated carbocycles. The maximum absolute atomic E-state index is 12.6. The lowest BCUT2D eigenvalue weighted by Gasteiger charge is -2.56. The normalized spacial score (nSPS) is 39.9. The predicted molar refractivity (Wildman–Crippen MR) is 99.3 cm³/mol. The van der Waals surface area contributed by atoms with E-state index in [1.165, 1.54) is 51.5 Å². The molecule has 25 heavy (non-hydrogen) atoms. The lowest BCUT2D eigenvalue weighted by Crippen LogP contribution is -2.48. The maximum atomic E-state index is 12.6. The van der Waals surface area contributed by atoms with Crippen LogP contribution in [0.3, 0.4) is 0 Å². The van der Waals surface area contributed by atoms with Gasteiger partial charge in [0.25, 0.3) is 0 Å². The van der Waals surface area contributed by atoms with Crippen molar-refractivity contribution < 1.29 is 9.53 Å². The fourth-order valence-electron chi connectivity index (χ4n) is 6.88. The van der Waals surface area contributed by atoms with Gasteiger partial charge in [0.1, 0.15) is 0 Å². The molecule has 0 unspecified atom stereocenters. The van der Waals surface area contributed by atoms with Gasteiger partial charge in [0.15, 0.2) is 0 Å². The molecular formula is C21H36N2O2. The molecule has 4 nitrogen and oxygen atoms in total. The summed E-state index contributed by atoms with van der Waals surface area (Å²) in [6.45, 7) is 5.18. The predicted octanol–water partition coefficient (Wildman–Crippen LogP) is 3.07. The summed E-state index contributed by atoms with van der Waals surface area (Å²) in [5, 5.41) is 3.30. The molecular weight excluding hydrogens is 312 g/mol. The smallest absolute Gasteiger partial charge is 0.220 e. The molecule has 4 bridgehead atoms. The second kappa shape index (κ2) is 7.56. The van der Waals surface area contributed by atoms with Crippen LogP contribution >= 0.6 is 0 Å². The van der Waals surface area contributed by atoms with Crippen molar-refractivity contribution in [1.82, 2.24) is 10.2 Å². The summed E-state index contributed by atoms with van der Waals surface area (Å²) in [4.78, 5) is 15.2. The molecule has 5 fully saturated rings. The van der Waals surface area contributed by atoms with Crippen molar-refractivity contribution in [2.24, 2.45) is 29.1 Å². The molecule has 0 aromatic heterocycles. The average Bonchev–Trinajstić information content (AvgIpc) is 2.99.